The zero-order valence-electron chi connectivity index (χ0n) is 13.3. The van der Waals surface area contributed by atoms with Gasteiger partial charge >= 0.3 is 5.97 Å². The summed E-state index contributed by atoms with van der Waals surface area (Å²) in [5.41, 5.74) is 1.32. The number of hydrogen-bond acceptors (Lipinski definition) is 6. The van der Waals surface area contributed by atoms with Crippen molar-refractivity contribution in [2.75, 3.05) is 11.4 Å². The lowest BCUT2D eigenvalue weighted by atomic mass is 10.2. The van der Waals surface area contributed by atoms with E-state index in [-0.39, 0.29) is 13.0 Å². The van der Waals surface area contributed by atoms with Crippen molar-refractivity contribution in [2.45, 2.75) is 18.6 Å². The predicted molar refractivity (Wildman–Crippen MR) is 92.2 cm³/mol. The summed E-state index contributed by atoms with van der Waals surface area (Å²) in [5.74, 6) is -0.0336. The first-order valence-corrected chi connectivity index (χ1v) is 7.99. The Kier molecular flexibility index (Phi) is 3.77. The molecule has 0 amide bonds. The number of aromatic nitrogens is 3. The van der Waals surface area contributed by atoms with Gasteiger partial charge in [-0.15, -0.1) is 0 Å². The van der Waals surface area contributed by atoms with Crippen LogP contribution in [-0.4, -0.2) is 49.8 Å². The summed E-state index contributed by atoms with van der Waals surface area (Å²) in [6.07, 6.45) is 1.13. The van der Waals surface area contributed by atoms with Crippen molar-refractivity contribution in [2.24, 2.45) is 0 Å². The number of aliphatic carboxylic acids is 1. The summed E-state index contributed by atoms with van der Waals surface area (Å²) in [7, 11) is 0. The molecule has 0 bridgehead atoms. The minimum absolute atomic E-state index is 0.173. The van der Waals surface area contributed by atoms with Crippen molar-refractivity contribution in [1.29, 1.82) is 0 Å². The molecule has 2 atom stereocenters. The average Bonchev–Trinajstić information content (AvgIpc) is 3.03. The molecule has 7 heteroatoms. The molecule has 2 aromatic heterocycles. The monoisotopic (exact) mass is 336 g/mol. The summed E-state index contributed by atoms with van der Waals surface area (Å²) in [6, 6.07) is 12.1. The van der Waals surface area contributed by atoms with Crippen LogP contribution < -0.4 is 4.90 Å². The molecule has 2 N–H and O–H groups in total. The Labute approximate surface area is 143 Å². The Bertz CT molecular complexity index is 932. The number of anilines is 1. The summed E-state index contributed by atoms with van der Waals surface area (Å²) >= 11 is 0. The molecule has 7 nitrogen and oxygen atoms in total. The number of pyridine rings is 1. The van der Waals surface area contributed by atoms with Gasteiger partial charge < -0.3 is 15.1 Å². The Morgan fingerprint density at radius 2 is 1.92 bits per heavy atom. The van der Waals surface area contributed by atoms with E-state index in [1.54, 1.807) is 17.2 Å². The molecule has 126 valence electrons. The molecule has 1 aromatic carbocycles. The van der Waals surface area contributed by atoms with Gasteiger partial charge in [-0.25, -0.2) is 14.8 Å². The molecular weight excluding hydrogens is 320 g/mol. The average molecular weight is 336 g/mol. The topological polar surface area (TPSA) is 99.4 Å². The molecule has 0 saturated carbocycles. The third-order valence-corrected chi connectivity index (χ3v) is 4.31. The minimum Gasteiger partial charge on any atom is -0.480 e. The normalized spacial score (nSPS) is 20.1. The van der Waals surface area contributed by atoms with Gasteiger partial charge in [-0.1, -0.05) is 18.2 Å². The number of fused-ring (bicyclic) bond motifs is 1. The van der Waals surface area contributed by atoms with Crippen molar-refractivity contribution in [3.8, 4) is 11.5 Å². The Morgan fingerprint density at radius 3 is 2.68 bits per heavy atom. The highest BCUT2D eigenvalue weighted by Crippen LogP contribution is 2.32. The third-order valence-electron chi connectivity index (χ3n) is 4.31. The highest BCUT2D eigenvalue weighted by atomic mass is 16.4. The van der Waals surface area contributed by atoms with E-state index in [0.29, 0.717) is 22.9 Å². The maximum Gasteiger partial charge on any atom is 0.326 e. The van der Waals surface area contributed by atoms with Crippen LogP contribution in [0, 0.1) is 0 Å². The van der Waals surface area contributed by atoms with Gasteiger partial charge in [0, 0.05) is 24.5 Å². The highest BCUT2D eigenvalue weighted by molar-refractivity contribution is 5.93. The van der Waals surface area contributed by atoms with Crippen molar-refractivity contribution >= 4 is 22.7 Å². The van der Waals surface area contributed by atoms with Crippen LogP contribution in [-0.2, 0) is 4.79 Å². The van der Waals surface area contributed by atoms with Crippen LogP contribution in [0.3, 0.4) is 0 Å². The highest BCUT2D eigenvalue weighted by Gasteiger charge is 2.37. The zero-order chi connectivity index (χ0) is 17.4. The van der Waals surface area contributed by atoms with Gasteiger partial charge in [0.05, 0.1) is 11.6 Å². The van der Waals surface area contributed by atoms with E-state index in [4.69, 9.17) is 0 Å². The molecular formula is C18H16N4O3. The third kappa shape index (κ3) is 2.78. The zero-order valence-corrected chi connectivity index (χ0v) is 13.3. The fraction of sp³-hybridized carbons (Fsp3) is 0.222. The van der Waals surface area contributed by atoms with Gasteiger partial charge in [-0.05, 0) is 24.3 Å². The molecule has 3 heterocycles. The van der Waals surface area contributed by atoms with Crippen LogP contribution in [0.15, 0.2) is 48.7 Å². The number of hydrogen-bond donors (Lipinski definition) is 2. The fourth-order valence-corrected chi connectivity index (χ4v) is 3.17. The molecule has 0 radical (unpaired) electrons. The number of carboxylic acids is 1. The number of rotatable bonds is 3. The number of carboxylic acid groups (broad SMARTS) is 1. The molecule has 0 aliphatic carbocycles. The standard InChI is InChI=1S/C18H16N4O3/c23-11-9-15(18(24)25)22(10-11)17-12-5-1-2-6-13(12)20-16(21-17)14-7-3-4-8-19-14/h1-8,11,15,23H,9-10H2,(H,24,25)/t11?,15-/m0/s1. The summed E-state index contributed by atoms with van der Waals surface area (Å²) in [6.45, 7) is 0.222. The van der Waals surface area contributed by atoms with E-state index < -0.39 is 18.1 Å². The molecule has 1 aliphatic heterocycles. The van der Waals surface area contributed by atoms with E-state index >= 15 is 0 Å². The molecule has 1 aliphatic rings. The largest absolute Gasteiger partial charge is 0.480 e. The quantitative estimate of drug-likeness (QED) is 0.751. The van der Waals surface area contributed by atoms with E-state index in [1.165, 1.54) is 0 Å². The first-order chi connectivity index (χ1) is 12.1. The van der Waals surface area contributed by atoms with Crippen molar-refractivity contribution in [1.82, 2.24) is 15.0 Å². The fourth-order valence-electron chi connectivity index (χ4n) is 3.17. The second-order valence-electron chi connectivity index (χ2n) is 6.00. The maximum absolute atomic E-state index is 11.6. The van der Waals surface area contributed by atoms with E-state index in [2.05, 4.69) is 15.0 Å². The number of benzene rings is 1. The van der Waals surface area contributed by atoms with Gasteiger partial charge in [-0.2, -0.15) is 0 Å². The van der Waals surface area contributed by atoms with Gasteiger partial charge in [0.2, 0.25) is 0 Å². The Balaban J connectivity index is 1.91. The van der Waals surface area contributed by atoms with Crippen molar-refractivity contribution in [3.63, 3.8) is 0 Å². The molecule has 0 spiro atoms. The van der Waals surface area contributed by atoms with Crippen molar-refractivity contribution < 1.29 is 15.0 Å². The SMILES string of the molecule is O=C(O)[C@@H]1CC(O)CN1c1nc(-c2ccccn2)nc2ccccc12. The second-order valence-corrected chi connectivity index (χ2v) is 6.00. The van der Waals surface area contributed by atoms with E-state index in [1.807, 2.05) is 36.4 Å². The second kappa shape index (κ2) is 6.10. The van der Waals surface area contributed by atoms with Gasteiger partial charge in [-0.3, -0.25) is 4.98 Å². The van der Waals surface area contributed by atoms with E-state index in [9.17, 15) is 15.0 Å². The summed E-state index contributed by atoms with van der Waals surface area (Å²) in [4.78, 5) is 26.7. The first kappa shape index (κ1) is 15.5. The molecule has 1 fully saturated rings. The van der Waals surface area contributed by atoms with Crippen LogP contribution in [0.4, 0.5) is 5.82 Å². The number of aliphatic hydroxyl groups is 1. The number of para-hydroxylation sites is 1. The summed E-state index contributed by atoms with van der Waals surface area (Å²) in [5, 5.41) is 20.2. The number of β-amino-alcohol motifs (C(OH)–C–C–N with tert-alkyl or cyclic N) is 1. The lowest BCUT2D eigenvalue weighted by Gasteiger charge is -2.24. The minimum atomic E-state index is -0.973. The number of nitrogens with zero attached hydrogens (tertiary/aromatic N) is 4. The first-order valence-electron chi connectivity index (χ1n) is 7.99. The van der Waals surface area contributed by atoms with Gasteiger partial charge in [0.15, 0.2) is 5.82 Å². The van der Waals surface area contributed by atoms with Crippen LogP contribution in [0.1, 0.15) is 6.42 Å². The maximum atomic E-state index is 11.6. The van der Waals surface area contributed by atoms with Gasteiger partial charge in [0.25, 0.3) is 0 Å². The van der Waals surface area contributed by atoms with Crippen LogP contribution >= 0.6 is 0 Å². The van der Waals surface area contributed by atoms with Gasteiger partial charge in [0.1, 0.15) is 17.6 Å². The van der Waals surface area contributed by atoms with Crippen LogP contribution in [0.2, 0.25) is 0 Å². The van der Waals surface area contributed by atoms with Crippen LogP contribution in [0.5, 0.6) is 0 Å². The Morgan fingerprint density at radius 1 is 1.12 bits per heavy atom. The number of carbonyl (C=O) groups is 1. The lowest BCUT2D eigenvalue weighted by Crippen LogP contribution is -2.36. The van der Waals surface area contributed by atoms with Crippen molar-refractivity contribution in [3.05, 3.63) is 48.7 Å². The molecule has 1 unspecified atom stereocenters. The summed E-state index contributed by atoms with van der Waals surface area (Å²) < 4.78 is 0. The van der Waals surface area contributed by atoms with Crippen LogP contribution in [0.25, 0.3) is 22.4 Å². The predicted octanol–water partition coefficient (Wildman–Crippen LogP) is 1.72. The molecule has 4 rings (SSSR count). The smallest absolute Gasteiger partial charge is 0.326 e. The lowest BCUT2D eigenvalue weighted by molar-refractivity contribution is -0.138. The molecule has 25 heavy (non-hydrogen) atoms. The molecule has 1 saturated heterocycles. The molecule has 3 aromatic rings. The number of aliphatic hydroxyl groups excluding tert-OH is 1. The Hall–Kier alpha value is -3.06. The van der Waals surface area contributed by atoms with E-state index in [0.717, 1.165) is 5.39 Å².